The number of unbranched alkanes of at least 4 members (excludes halogenated alkanes) is 2. The van der Waals surface area contributed by atoms with E-state index in [0.29, 0.717) is 18.9 Å². The SMILES string of the molecule is CC(C)CCCCCOC(=O)C(C)CCCl. The fourth-order valence-corrected chi connectivity index (χ4v) is 1.76. The van der Waals surface area contributed by atoms with Gasteiger partial charge in [-0.05, 0) is 18.8 Å². The van der Waals surface area contributed by atoms with Crippen LogP contribution in [0.2, 0.25) is 0 Å². The molecule has 0 bridgehead atoms. The predicted molar refractivity (Wildman–Crippen MR) is 68.8 cm³/mol. The molecule has 2 nitrogen and oxygen atoms in total. The molecule has 0 aromatic heterocycles. The second-order valence-electron chi connectivity index (χ2n) is 4.79. The highest BCUT2D eigenvalue weighted by Crippen LogP contribution is 2.09. The summed E-state index contributed by atoms with van der Waals surface area (Å²) in [6, 6.07) is 0. The summed E-state index contributed by atoms with van der Waals surface area (Å²) >= 11 is 5.56. The van der Waals surface area contributed by atoms with Crippen LogP contribution in [0.1, 0.15) is 52.9 Å². The number of hydrogen-bond donors (Lipinski definition) is 0. The van der Waals surface area contributed by atoms with Gasteiger partial charge in [0.1, 0.15) is 0 Å². The van der Waals surface area contributed by atoms with Crippen molar-refractivity contribution in [3.63, 3.8) is 0 Å². The summed E-state index contributed by atoms with van der Waals surface area (Å²) in [4.78, 5) is 11.4. The summed E-state index contributed by atoms with van der Waals surface area (Å²) in [7, 11) is 0. The van der Waals surface area contributed by atoms with Crippen molar-refractivity contribution in [2.75, 3.05) is 12.5 Å². The zero-order chi connectivity index (χ0) is 12.4. The van der Waals surface area contributed by atoms with E-state index >= 15 is 0 Å². The predicted octanol–water partition coefficient (Wildman–Crippen LogP) is 4.01. The molecular weight excluding hydrogens is 224 g/mol. The van der Waals surface area contributed by atoms with Crippen molar-refractivity contribution in [1.29, 1.82) is 0 Å². The smallest absolute Gasteiger partial charge is 0.308 e. The average Bonchev–Trinajstić information content (AvgIpc) is 2.22. The molecule has 0 N–H and O–H groups in total. The summed E-state index contributed by atoms with van der Waals surface area (Å²) < 4.78 is 5.17. The van der Waals surface area contributed by atoms with E-state index < -0.39 is 0 Å². The van der Waals surface area contributed by atoms with Gasteiger partial charge in [-0.2, -0.15) is 0 Å². The van der Waals surface area contributed by atoms with Crippen LogP contribution >= 0.6 is 11.6 Å². The molecule has 0 aliphatic rings. The molecule has 1 atom stereocenters. The number of rotatable bonds is 9. The number of hydrogen-bond acceptors (Lipinski definition) is 2. The molecule has 16 heavy (non-hydrogen) atoms. The quantitative estimate of drug-likeness (QED) is 0.350. The first-order valence-electron chi connectivity index (χ1n) is 6.30. The van der Waals surface area contributed by atoms with Crippen molar-refractivity contribution in [2.24, 2.45) is 11.8 Å². The highest BCUT2D eigenvalue weighted by Gasteiger charge is 2.12. The fourth-order valence-electron chi connectivity index (χ4n) is 1.43. The van der Waals surface area contributed by atoms with Crippen LogP contribution in [0.3, 0.4) is 0 Å². The number of ether oxygens (including phenoxy) is 1. The molecule has 0 saturated heterocycles. The minimum absolute atomic E-state index is 0.0619. The molecular formula is C13H25ClO2. The van der Waals surface area contributed by atoms with Gasteiger partial charge in [0.05, 0.1) is 12.5 Å². The zero-order valence-corrected chi connectivity index (χ0v) is 11.6. The van der Waals surface area contributed by atoms with Gasteiger partial charge in [-0.15, -0.1) is 11.6 Å². The molecule has 0 rings (SSSR count). The van der Waals surface area contributed by atoms with Crippen LogP contribution in [0.4, 0.5) is 0 Å². The lowest BCUT2D eigenvalue weighted by atomic mass is 10.1. The van der Waals surface area contributed by atoms with E-state index in [1.54, 1.807) is 0 Å². The molecule has 0 saturated carbocycles. The van der Waals surface area contributed by atoms with Gasteiger partial charge >= 0.3 is 5.97 Å². The van der Waals surface area contributed by atoms with E-state index in [1.807, 2.05) is 6.92 Å². The van der Waals surface area contributed by atoms with Crippen LogP contribution in [0, 0.1) is 11.8 Å². The first-order valence-corrected chi connectivity index (χ1v) is 6.84. The van der Waals surface area contributed by atoms with Crippen molar-refractivity contribution >= 4 is 17.6 Å². The Bertz CT molecular complexity index is 181. The van der Waals surface area contributed by atoms with Crippen molar-refractivity contribution in [3.8, 4) is 0 Å². The summed E-state index contributed by atoms with van der Waals surface area (Å²) in [6.45, 7) is 6.88. The number of esters is 1. The van der Waals surface area contributed by atoms with E-state index in [9.17, 15) is 4.79 Å². The minimum atomic E-state index is -0.107. The van der Waals surface area contributed by atoms with Crippen molar-refractivity contribution in [3.05, 3.63) is 0 Å². The molecule has 0 spiro atoms. The Morgan fingerprint density at radius 1 is 1.12 bits per heavy atom. The normalized spacial score (nSPS) is 12.8. The maximum absolute atomic E-state index is 11.4. The van der Waals surface area contributed by atoms with Crippen LogP contribution in [0.15, 0.2) is 0 Å². The lowest BCUT2D eigenvalue weighted by Crippen LogP contribution is -2.15. The number of carbonyl (C=O) groups is 1. The Morgan fingerprint density at radius 2 is 1.81 bits per heavy atom. The van der Waals surface area contributed by atoms with Crippen LogP contribution in [0.25, 0.3) is 0 Å². The lowest BCUT2D eigenvalue weighted by molar-refractivity contribution is -0.148. The van der Waals surface area contributed by atoms with Crippen molar-refractivity contribution < 1.29 is 9.53 Å². The third-order valence-corrected chi connectivity index (χ3v) is 2.83. The molecule has 0 aliphatic carbocycles. The summed E-state index contributed by atoms with van der Waals surface area (Å²) in [6.07, 6.45) is 5.32. The van der Waals surface area contributed by atoms with E-state index in [1.165, 1.54) is 12.8 Å². The van der Waals surface area contributed by atoms with Crippen molar-refractivity contribution in [2.45, 2.75) is 52.9 Å². The summed E-state index contributed by atoms with van der Waals surface area (Å²) in [5.41, 5.74) is 0. The minimum Gasteiger partial charge on any atom is -0.465 e. The zero-order valence-electron chi connectivity index (χ0n) is 10.8. The van der Waals surface area contributed by atoms with Crippen LogP contribution in [0.5, 0.6) is 0 Å². The second kappa shape index (κ2) is 9.95. The molecule has 0 radical (unpaired) electrons. The number of halogens is 1. The van der Waals surface area contributed by atoms with Gasteiger partial charge in [-0.25, -0.2) is 0 Å². The third kappa shape index (κ3) is 9.02. The monoisotopic (exact) mass is 248 g/mol. The largest absolute Gasteiger partial charge is 0.465 e. The molecule has 0 amide bonds. The average molecular weight is 249 g/mol. The van der Waals surface area contributed by atoms with Crippen LogP contribution in [-0.4, -0.2) is 18.5 Å². The Labute approximate surface area is 105 Å². The molecule has 3 heteroatoms. The Morgan fingerprint density at radius 3 is 2.38 bits per heavy atom. The lowest BCUT2D eigenvalue weighted by Gasteiger charge is -2.10. The second-order valence-corrected chi connectivity index (χ2v) is 5.17. The van der Waals surface area contributed by atoms with Gasteiger partial charge in [0.25, 0.3) is 0 Å². The Balaban J connectivity index is 3.34. The first-order chi connectivity index (χ1) is 7.57. The van der Waals surface area contributed by atoms with E-state index in [-0.39, 0.29) is 11.9 Å². The maximum atomic E-state index is 11.4. The van der Waals surface area contributed by atoms with Crippen LogP contribution < -0.4 is 0 Å². The van der Waals surface area contributed by atoms with Gasteiger partial charge < -0.3 is 4.74 Å². The molecule has 96 valence electrons. The molecule has 0 aliphatic heterocycles. The molecule has 1 unspecified atom stereocenters. The number of carbonyl (C=O) groups excluding carboxylic acids is 1. The Kier molecular flexibility index (Phi) is 9.80. The van der Waals surface area contributed by atoms with Gasteiger partial charge in [-0.1, -0.05) is 40.0 Å². The van der Waals surface area contributed by atoms with Gasteiger partial charge in [0.15, 0.2) is 0 Å². The third-order valence-electron chi connectivity index (χ3n) is 2.61. The fraction of sp³-hybridized carbons (Fsp3) is 0.923. The first kappa shape index (κ1) is 15.8. The Hall–Kier alpha value is -0.240. The van der Waals surface area contributed by atoms with Gasteiger partial charge in [0, 0.05) is 5.88 Å². The van der Waals surface area contributed by atoms with E-state index in [4.69, 9.17) is 16.3 Å². The summed E-state index contributed by atoms with van der Waals surface area (Å²) in [5.74, 6) is 1.12. The maximum Gasteiger partial charge on any atom is 0.308 e. The topological polar surface area (TPSA) is 26.3 Å². The highest BCUT2D eigenvalue weighted by atomic mass is 35.5. The summed E-state index contributed by atoms with van der Waals surface area (Å²) in [5, 5.41) is 0. The van der Waals surface area contributed by atoms with E-state index in [2.05, 4.69) is 13.8 Å². The molecule has 0 aromatic rings. The van der Waals surface area contributed by atoms with Gasteiger partial charge in [0.2, 0.25) is 0 Å². The molecule has 0 fully saturated rings. The van der Waals surface area contributed by atoms with E-state index in [0.717, 1.165) is 18.8 Å². The highest BCUT2D eigenvalue weighted by molar-refractivity contribution is 6.17. The van der Waals surface area contributed by atoms with Crippen LogP contribution in [-0.2, 0) is 9.53 Å². The number of alkyl halides is 1. The molecule has 0 aromatic carbocycles. The van der Waals surface area contributed by atoms with Crippen molar-refractivity contribution in [1.82, 2.24) is 0 Å². The van der Waals surface area contributed by atoms with Gasteiger partial charge in [-0.3, -0.25) is 4.79 Å². The standard InChI is InChI=1S/C13H25ClO2/c1-11(2)7-5-4-6-10-16-13(15)12(3)8-9-14/h11-12H,4-10H2,1-3H3. The molecule has 0 heterocycles.